The molecule has 0 aromatic rings. The van der Waals surface area contributed by atoms with Gasteiger partial charge >= 0.3 is 0 Å². The molecule has 8 rings (SSSR count). The maximum Gasteiger partial charge on any atom is 0.170 e. The first-order valence-electron chi connectivity index (χ1n) is 19.0. The molecule has 0 radical (unpaired) electrons. The highest BCUT2D eigenvalue weighted by atomic mass is 16.7. The Labute approximate surface area is 273 Å². The van der Waals surface area contributed by atoms with Gasteiger partial charge in [-0.25, -0.2) is 0 Å². The summed E-state index contributed by atoms with van der Waals surface area (Å²) in [6.45, 7) is 20.8. The quantitative estimate of drug-likeness (QED) is 0.405. The van der Waals surface area contributed by atoms with Crippen LogP contribution in [0.3, 0.4) is 0 Å². The lowest BCUT2D eigenvalue weighted by Crippen LogP contribution is -2.64. The van der Waals surface area contributed by atoms with Gasteiger partial charge in [0.2, 0.25) is 0 Å². The van der Waals surface area contributed by atoms with Crippen LogP contribution in [0.4, 0.5) is 0 Å². The normalized spacial score (nSPS) is 50.5. The Balaban J connectivity index is 0.939. The lowest BCUT2D eigenvalue weighted by molar-refractivity contribution is -0.250. The first-order chi connectivity index (χ1) is 21.2. The van der Waals surface area contributed by atoms with Crippen molar-refractivity contribution in [3.8, 4) is 0 Å². The molecule has 8 aliphatic rings. The molecule has 5 aliphatic carbocycles. The summed E-state index contributed by atoms with van der Waals surface area (Å²) in [5, 5.41) is 21.4. The van der Waals surface area contributed by atoms with E-state index in [0.29, 0.717) is 34.2 Å². The Morgan fingerprint density at radius 3 is 2.38 bits per heavy atom. The average molecular weight is 629 g/mol. The minimum atomic E-state index is -1.13. The van der Waals surface area contributed by atoms with Gasteiger partial charge in [-0.15, -0.1) is 0 Å². The molecule has 3 aliphatic heterocycles. The van der Waals surface area contributed by atoms with Gasteiger partial charge in [0.15, 0.2) is 6.29 Å². The summed E-state index contributed by atoms with van der Waals surface area (Å²) in [5.74, 6) is 2.88. The van der Waals surface area contributed by atoms with E-state index in [1.54, 1.807) is 13.8 Å². The second kappa shape index (κ2) is 10.6. The number of nitrogens with zero attached hydrogens (tertiary/aromatic N) is 2. The van der Waals surface area contributed by atoms with E-state index in [-0.39, 0.29) is 30.0 Å². The van der Waals surface area contributed by atoms with E-state index in [4.69, 9.17) is 14.2 Å². The van der Waals surface area contributed by atoms with Crippen molar-refractivity contribution in [2.45, 2.75) is 161 Å². The number of ether oxygens (including phenoxy) is 3. The van der Waals surface area contributed by atoms with Crippen LogP contribution in [0.25, 0.3) is 0 Å². The van der Waals surface area contributed by atoms with Crippen molar-refractivity contribution >= 4 is 0 Å². The molecule has 2 N–H and O–H groups in total. The molecule has 12 atom stereocenters. The number of aliphatic hydroxyl groups excluding tert-OH is 1. The standard InChI is InChI=1S/C38H64N2O5/c1-23(2)40-19-24(20-40)39-16-17-43-32(21-39)45-31-12-13-38-22-37(38)15-14-36(7)26-8-10-28(33(41)35(5,6)42)44-29(26)18-27(36)25(37)9-11-30(38)34(31,3)4/h23-33,41-42H,8-22H2,1-7H3. The number of aliphatic hydroxyl groups is 2. The van der Waals surface area contributed by atoms with Crippen LogP contribution in [0.5, 0.6) is 0 Å². The van der Waals surface area contributed by atoms with Gasteiger partial charge in [-0.05, 0) is 137 Å². The van der Waals surface area contributed by atoms with Crippen molar-refractivity contribution in [3.63, 3.8) is 0 Å². The van der Waals surface area contributed by atoms with Gasteiger partial charge in [0.25, 0.3) is 0 Å². The molecule has 7 nitrogen and oxygen atoms in total. The largest absolute Gasteiger partial charge is 0.388 e. The van der Waals surface area contributed by atoms with Crippen LogP contribution < -0.4 is 0 Å². The monoisotopic (exact) mass is 628 g/mol. The second-order valence-electron chi connectivity index (χ2n) is 19.1. The van der Waals surface area contributed by atoms with Gasteiger partial charge in [0.05, 0.1) is 30.5 Å². The Bertz CT molecular complexity index is 1130. The molecule has 3 heterocycles. The maximum absolute atomic E-state index is 10.9. The van der Waals surface area contributed by atoms with Gasteiger partial charge in [-0.2, -0.15) is 0 Å². The number of fused-ring (bicyclic) bond motifs is 4. The molecule has 45 heavy (non-hydrogen) atoms. The third-order valence-electron chi connectivity index (χ3n) is 16.2. The molecule has 256 valence electrons. The minimum absolute atomic E-state index is 0.0920. The van der Waals surface area contributed by atoms with Gasteiger partial charge in [-0.1, -0.05) is 20.8 Å². The SMILES string of the molecule is CC(C)N1CC(N2CCOC(OC3CCC45CC46CCC4(C)C7CCC(C(O)C(C)(C)O)OC7CC4C6CCC5C3(C)C)C2)C1. The second-order valence-corrected chi connectivity index (χ2v) is 19.1. The van der Waals surface area contributed by atoms with E-state index in [0.717, 1.165) is 56.7 Å². The van der Waals surface area contributed by atoms with Gasteiger partial charge < -0.3 is 24.4 Å². The first kappa shape index (κ1) is 32.0. The van der Waals surface area contributed by atoms with Crippen LogP contribution in [-0.2, 0) is 14.2 Å². The molecule has 0 aromatic carbocycles. The van der Waals surface area contributed by atoms with Gasteiger partial charge in [-0.3, -0.25) is 9.80 Å². The molecular weight excluding hydrogens is 564 g/mol. The van der Waals surface area contributed by atoms with E-state index in [1.807, 2.05) is 0 Å². The van der Waals surface area contributed by atoms with E-state index >= 15 is 0 Å². The predicted molar refractivity (Wildman–Crippen MR) is 175 cm³/mol. The Morgan fingerprint density at radius 2 is 1.64 bits per heavy atom. The fraction of sp³-hybridized carbons (Fsp3) is 1.00. The number of morpholine rings is 1. The highest BCUT2D eigenvalue weighted by molar-refractivity contribution is 5.29. The zero-order valence-corrected chi connectivity index (χ0v) is 29.5. The van der Waals surface area contributed by atoms with E-state index in [9.17, 15) is 10.2 Å². The minimum Gasteiger partial charge on any atom is -0.388 e. The van der Waals surface area contributed by atoms with Crippen LogP contribution in [0.1, 0.15) is 113 Å². The first-order valence-corrected chi connectivity index (χ1v) is 19.0. The van der Waals surface area contributed by atoms with E-state index in [2.05, 4.69) is 44.4 Å². The maximum atomic E-state index is 10.9. The molecule has 3 saturated heterocycles. The van der Waals surface area contributed by atoms with Crippen molar-refractivity contribution in [1.82, 2.24) is 9.80 Å². The molecule has 0 amide bonds. The van der Waals surface area contributed by atoms with Crippen LogP contribution >= 0.6 is 0 Å². The Morgan fingerprint density at radius 1 is 0.889 bits per heavy atom. The Kier molecular flexibility index (Phi) is 7.53. The highest BCUT2D eigenvalue weighted by Crippen LogP contribution is 2.87. The zero-order chi connectivity index (χ0) is 31.7. The lowest BCUT2D eigenvalue weighted by atomic mass is 9.46. The molecule has 8 fully saturated rings. The van der Waals surface area contributed by atoms with Crippen molar-refractivity contribution in [1.29, 1.82) is 0 Å². The summed E-state index contributed by atoms with van der Waals surface area (Å²) in [6.07, 6.45) is 11.9. The molecule has 5 saturated carbocycles. The molecule has 7 heteroatoms. The van der Waals surface area contributed by atoms with Crippen molar-refractivity contribution in [3.05, 3.63) is 0 Å². The highest BCUT2D eigenvalue weighted by Gasteiger charge is 2.80. The topological polar surface area (TPSA) is 74.6 Å². The third kappa shape index (κ3) is 4.66. The Hall–Kier alpha value is -0.280. The summed E-state index contributed by atoms with van der Waals surface area (Å²) >= 11 is 0. The smallest absolute Gasteiger partial charge is 0.170 e. The fourth-order valence-electron chi connectivity index (χ4n) is 13.6. The summed E-state index contributed by atoms with van der Waals surface area (Å²) in [7, 11) is 0. The van der Waals surface area contributed by atoms with Crippen LogP contribution in [-0.4, -0.2) is 101 Å². The summed E-state index contributed by atoms with van der Waals surface area (Å²) in [5.41, 5.74) is 0.415. The molecule has 0 aromatic heterocycles. The number of likely N-dealkylation sites (tertiary alicyclic amines) is 1. The van der Waals surface area contributed by atoms with Gasteiger partial charge in [0, 0.05) is 38.3 Å². The number of hydrogen-bond acceptors (Lipinski definition) is 7. The van der Waals surface area contributed by atoms with Gasteiger partial charge in [0.1, 0.15) is 6.10 Å². The molecular formula is C38H64N2O5. The summed E-state index contributed by atoms with van der Waals surface area (Å²) in [4.78, 5) is 5.21. The summed E-state index contributed by atoms with van der Waals surface area (Å²) in [6, 6.07) is 1.30. The number of rotatable bonds is 6. The van der Waals surface area contributed by atoms with E-state index in [1.165, 1.54) is 58.0 Å². The average Bonchev–Trinajstić information content (AvgIpc) is 3.52. The zero-order valence-electron chi connectivity index (χ0n) is 29.5. The number of hydrogen-bond donors (Lipinski definition) is 2. The predicted octanol–water partition coefficient (Wildman–Crippen LogP) is 5.46. The van der Waals surface area contributed by atoms with Crippen LogP contribution in [0.15, 0.2) is 0 Å². The molecule has 0 bridgehead atoms. The van der Waals surface area contributed by atoms with E-state index < -0.39 is 11.7 Å². The lowest BCUT2D eigenvalue weighted by Gasteiger charge is -2.60. The summed E-state index contributed by atoms with van der Waals surface area (Å²) < 4.78 is 20.0. The molecule has 2 spiro atoms. The van der Waals surface area contributed by atoms with Crippen molar-refractivity contribution in [2.24, 2.45) is 45.3 Å². The van der Waals surface area contributed by atoms with Crippen LogP contribution in [0, 0.1) is 45.3 Å². The van der Waals surface area contributed by atoms with Crippen molar-refractivity contribution < 1.29 is 24.4 Å². The fourth-order valence-corrected chi connectivity index (χ4v) is 13.6. The van der Waals surface area contributed by atoms with Crippen LogP contribution in [0.2, 0.25) is 0 Å². The van der Waals surface area contributed by atoms with Crippen molar-refractivity contribution in [2.75, 3.05) is 32.8 Å². The molecule has 12 unspecified atom stereocenters. The third-order valence-corrected chi connectivity index (χ3v) is 16.2.